The van der Waals surface area contributed by atoms with E-state index in [1.165, 1.54) is 4.57 Å². The Kier molecular flexibility index (Phi) is 4.47. The van der Waals surface area contributed by atoms with Crippen molar-refractivity contribution in [1.29, 1.82) is 5.26 Å². The fourth-order valence-corrected chi connectivity index (χ4v) is 3.90. The predicted molar refractivity (Wildman–Crippen MR) is 115 cm³/mol. The van der Waals surface area contributed by atoms with Crippen molar-refractivity contribution in [2.45, 2.75) is 5.92 Å². The summed E-state index contributed by atoms with van der Waals surface area (Å²) in [6, 6.07) is 16.0. The molecule has 5 rings (SSSR count). The molecule has 2 aromatic heterocycles. The molecular weight excluding hydrogens is 439 g/mol. The quantitative estimate of drug-likeness (QED) is 0.502. The monoisotopic (exact) mass is 450 g/mol. The van der Waals surface area contributed by atoms with E-state index in [1.54, 1.807) is 54.6 Å². The molecule has 2 aromatic carbocycles. The molecule has 2 N–H and O–H groups in total. The lowest BCUT2D eigenvalue weighted by Crippen LogP contribution is -2.35. The number of oxazole rings is 2. The van der Waals surface area contributed by atoms with E-state index in [9.17, 15) is 10.1 Å². The zero-order valence-corrected chi connectivity index (χ0v) is 17.2. The molecule has 1 aliphatic rings. The van der Waals surface area contributed by atoms with Crippen LogP contribution in [0.2, 0.25) is 10.0 Å². The summed E-state index contributed by atoms with van der Waals surface area (Å²) < 4.78 is 12.6. The van der Waals surface area contributed by atoms with Crippen LogP contribution in [-0.4, -0.2) is 9.55 Å². The fourth-order valence-electron chi connectivity index (χ4n) is 3.65. The van der Waals surface area contributed by atoms with Crippen molar-refractivity contribution in [2.24, 2.45) is 0 Å². The van der Waals surface area contributed by atoms with Crippen LogP contribution in [-0.2, 0) is 0 Å². The molecule has 0 amide bonds. The van der Waals surface area contributed by atoms with Crippen molar-refractivity contribution in [1.82, 2.24) is 9.55 Å². The zero-order valence-electron chi connectivity index (χ0n) is 15.7. The van der Waals surface area contributed by atoms with E-state index in [1.807, 2.05) is 0 Å². The number of rotatable bonds is 2. The topological polar surface area (TPSA) is 111 Å². The minimum absolute atomic E-state index is 0.0660. The Hall–Kier alpha value is -3.73. The first-order valence-corrected chi connectivity index (χ1v) is 9.87. The van der Waals surface area contributed by atoms with Crippen LogP contribution in [0, 0.1) is 11.3 Å². The summed E-state index contributed by atoms with van der Waals surface area (Å²) in [6.45, 7) is 0. The number of anilines is 1. The van der Waals surface area contributed by atoms with E-state index in [0.29, 0.717) is 21.3 Å². The third-order valence-corrected chi connectivity index (χ3v) is 5.49. The minimum atomic E-state index is -0.632. The average Bonchev–Trinajstić information content (AvgIpc) is 3.28. The van der Waals surface area contributed by atoms with Gasteiger partial charge in [0.2, 0.25) is 11.4 Å². The van der Waals surface area contributed by atoms with Gasteiger partial charge in [0, 0.05) is 10.0 Å². The van der Waals surface area contributed by atoms with Gasteiger partial charge in [-0.3, -0.25) is 0 Å². The molecule has 152 valence electrons. The summed E-state index contributed by atoms with van der Waals surface area (Å²) >= 11 is 12.0. The molecule has 1 unspecified atom stereocenters. The van der Waals surface area contributed by atoms with Gasteiger partial charge >= 0.3 is 5.63 Å². The second kappa shape index (κ2) is 7.20. The number of benzene rings is 2. The highest BCUT2D eigenvalue weighted by Crippen LogP contribution is 2.37. The number of halogens is 2. The summed E-state index contributed by atoms with van der Waals surface area (Å²) in [5.41, 5.74) is 7.34. The van der Waals surface area contributed by atoms with Crippen molar-refractivity contribution < 1.29 is 8.83 Å². The van der Waals surface area contributed by atoms with Crippen LogP contribution in [0.15, 0.2) is 62.2 Å². The van der Waals surface area contributed by atoms with Crippen molar-refractivity contribution in [2.75, 3.05) is 5.73 Å². The summed E-state index contributed by atoms with van der Waals surface area (Å²) in [4.78, 5) is 17.1. The highest BCUT2D eigenvalue weighted by Gasteiger charge is 2.35. The number of hydrogen-bond donors (Lipinski definition) is 1. The van der Waals surface area contributed by atoms with Gasteiger partial charge in [-0.25, -0.2) is 9.36 Å². The van der Waals surface area contributed by atoms with Gasteiger partial charge in [0.15, 0.2) is 0 Å². The molecule has 3 heterocycles. The molecule has 0 saturated carbocycles. The Labute approximate surface area is 184 Å². The van der Waals surface area contributed by atoms with Gasteiger partial charge in [0.1, 0.15) is 22.7 Å². The Balaban J connectivity index is 1.86. The number of nitriles is 1. The van der Waals surface area contributed by atoms with Crippen molar-refractivity contribution in [3.63, 3.8) is 0 Å². The molecule has 1 aliphatic heterocycles. The molecule has 4 aromatic rings. The molecular formula is C22H12Cl2N4O3. The molecule has 31 heavy (non-hydrogen) atoms. The van der Waals surface area contributed by atoms with Crippen molar-refractivity contribution >= 4 is 40.9 Å². The first-order valence-electron chi connectivity index (χ1n) is 9.12. The standard InChI is InChI=1S/C22H12Cl2N4O3/c23-13-5-1-11(2-6-13)9-16-21(29)30-19-15(10-25)17(12-3-7-14(24)8-4-12)18-20(28(16)19)31-22(26)27-18/h1-9,17H,(H2,26,27)/b16-9+. The molecule has 9 heteroatoms. The van der Waals surface area contributed by atoms with E-state index in [-0.39, 0.29) is 28.4 Å². The summed E-state index contributed by atoms with van der Waals surface area (Å²) in [5, 5.41) is 11.3. The fraction of sp³-hybridized carbons (Fsp3) is 0.0455. The van der Waals surface area contributed by atoms with E-state index in [4.69, 9.17) is 37.8 Å². The van der Waals surface area contributed by atoms with Crippen molar-refractivity contribution in [3.8, 4) is 12.0 Å². The van der Waals surface area contributed by atoms with Gasteiger partial charge < -0.3 is 14.6 Å². The molecule has 1 atom stereocenters. The van der Waals surface area contributed by atoms with Crippen LogP contribution < -0.4 is 22.3 Å². The van der Waals surface area contributed by atoms with E-state index in [0.717, 1.165) is 5.56 Å². The van der Waals surface area contributed by atoms with E-state index < -0.39 is 11.5 Å². The van der Waals surface area contributed by atoms with Crippen LogP contribution in [0.4, 0.5) is 6.01 Å². The molecule has 0 radical (unpaired) electrons. The van der Waals surface area contributed by atoms with Crippen LogP contribution in [0.1, 0.15) is 22.7 Å². The highest BCUT2D eigenvalue weighted by molar-refractivity contribution is 6.30. The molecule has 0 aliphatic carbocycles. The third kappa shape index (κ3) is 3.13. The minimum Gasteiger partial charge on any atom is -0.406 e. The normalized spacial score (nSPS) is 15.5. The smallest absolute Gasteiger partial charge is 0.362 e. The van der Waals surface area contributed by atoms with Crippen LogP contribution in [0.25, 0.3) is 17.5 Å². The lowest BCUT2D eigenvalue weighted by molar-refractivity contribution is 0.455. The SMILES string of the molecule is N#CC1=c2oc(=O)/c(=C\c3ccc(Cl)cc3)n2-c2oc(N)nc2C1c1ccc(Cl)cc1. The maximum absolute atomic E-state index is 12.8. The van der Waals surface area contributed by atoms with Crippen LogP contribution in [0.5, 0.6) is 0 Å². The van der Waals surface area contributed by atoms with Gasteiger partial charge in [0.05, 0.1) is 5.92 Å². The number of nitrogens with two attached hydrogens (primary N) is 1. The highest BCUT2D eigenvalue weighted by atomic mass is 35.5. The number of nitrogen functional groups attached to an aromatic ring is 1. The Morgan fingerprint density at radius 3 is 2.35 bits per heavy atom. The molecule has 7 nitrogen and oxygen atoms in total. The van der Waals surface area contributed by atoms with Crippen LogP contribution in [0.3, 0.4) is 0 Å². The summed E-state index contributed by atoms with van der Waals surface area (Å²) in [7, 11) is 0. The lowest BCUT2D eigenvalue weighted by Gasteiger charge is -2.19. The zero-order chi connectivity index (χ0) is 21.7. The molecule has 0 bridgehead atoms. The Morgan fingerprint density at radius 2 is 1.71 bits per heavy atom. The maximum Gasteiger partial charge on any atom is 0.362 e. The number of nitrogens with zero attached hydrogens (tertiary/aromatic N) is 3. The maximum atomic E-state index is 12.8. The molecule has 0 saturated heterocycles. The Bertz CT molecular complexity index is 1540. The molecule has 0 fully saturated rings. The van der Waals surface area contributed by atoms with Gasteiger partial charge in [-0.05, 0) is 41.5 Å². The summed E-state index contributed by atoms with van der Waals surface area (Å²) in [6.07, 6.45) is 1.62. The van der Waals surface area contributed by atoms with E-state index in [2.05, 4.69) is 11.1 Å². The van der Waals surface area contributed by atoms with Crippen LogP contribution >= 0.6 is 23.2 Å². The number of hydrogen-bond acceptors (Lipinski definition) is 6. The first kappa shape index (κ1) is 19.2. The number of fused-ring (bicyclic) bond motifs is 3. The first-order chi connectivity index (χ1) is 15.0. The predicted octanol–water partition coefficient (Wildman–Crippen LogP) is 2.96. The lowest BCUT2D eigenvalue weighted by atomic mass is 9.88. The second-order valence-corrected chi connectivity index (χ2v) is 7.74. The van der Waals surface area contributed by atoms with Gasteiger partial charge in [-0.15, -0.1) is 0 Å². The van der Waals surface area contributed by atoms with Gasteiger partial charge in [0.25, 0.3) is 6.01 Å². The van der Waals surface area contributed by atoms with E-state index >= 15 is 0 Å². The number of aromatic nitrogens is 2. The van der Waals surface area contributed by atoms with Crippen molar-refractivity contribution in [3.05, 3.63) is 96.7 Å². The largest absolute Gasteiger partial charge is 0.406 e. The molecule has 0 spiro atoms. The Morgan fingerprint density at radius 1 is 1.06 bits per heavy atom. The average molecular weight is 451 g/mol. The van der Waals surface area contributed by atoms with Gasteiger partial charge in [-0.1, -0.05) is 47.5 Å². The summed E-state index contributed by atoms with van der Waals surface area (Å²) in [5.74, 6) is -0.412. The van der Waals surface area contributed by atoms with Gasteiger partial charge in [-0.2, -0.15) is 10.2 Å². The third-order valence-electron chi connectivity index (χ3n) is 4.99. The second-order valence-electron chi connectivity index (χ2n) is 6.86.